The molecule has 0 amide bonds. The number of hydrazine groups is 1. The van der Waals surface area contributed by atoms with Crippen LogP contribution in [0.5, 0.6) is 0 Å². The molecule has 0 fully saturated rings. The van der Waals surface area contributed by atoms with Crippen molar-refractivity contribution in [2.75, 3.05) is 13.2 Å². The molecule has 0 atom stereocenters. The molecular weight excluding hydrogens is 245 g/mol. The van der Waals surface area contributed by atoms with Crippen LogP contribution in [0.1, 0.15) is 19.4 Å². The molecule has 1 rings (SSSR count). The van der Waals surface area contributed by atoms with Gasteiger partial charge in [-0.05, 0) is 17.7 Å². The van der Waals surface area contributed by atoms with Crippen LogP contribution in [0.2, 0.25) is 10.0 Å². The summed E-state index contributed by atoms with van der Waals surface area (Å²) in [5.41, 5.74) is 3.68. The average molecular weight is 262 g/mol. The maximum Gasteiger partial charge on any atom is 0.0595 e. The fraction of sp³-hybridized carbons (Fsp3) is 0.455. The molecule has 0 spiro atoms. The minimum atomic E-state index is -0.0227. The van der Waals surface area contributed by atoms with Crippen LogP contribution in [0.3, 0.4) is 0 Å². The smallest absolute Gasteiger partial charge is 0.0595 e. The van der Waals surface area contributed by atoms with Gasteiger partial charge in [-0.2, -0.15) is 0 Å². The summed E-state index contributed by atoms with van der Waals surface area (Å²) in [5.74, 6) is 5.19. The maximum absolute atomic E-state index is 6.00. The highest BCUT2D eigenvalue weighted by Crippen LogP contribution is 2.29. The Hall–Kier alpha value is -0.320. The van der Waals surface area contributed by atoms with Crippen LogP contribution < -0.4 is 16.6 Å². The SMILES string of the molecule is CC(C)(CNCNN)c1ccc(Cl)c(Cl)c1. The van der Waals surface area contributed by atoms with Gasteiger partial charge in [0.1, 0.15) is 0 Å². The number of benzene rings is 1. The second-order valence-electron chi connectivity index (χ2n) is 4.32. The maximum atomic E-state index is 6.00. The van der Waals surface area contributed by atoms with Gasteiger partial charge in [0, 0.05) is 12.0 Å². The van der Waals surface area contributed by atoms with Crippen molar-refractivity contribution in [3.63, 3.8) is 0 Å². The summed E-state index contributed by atoms with van der Waals surface area (Å²) in [6.45, 7) is 5.64. The summed E-state index contributed by atoms with van der Waals surface area (Å²) in [6.07, 6.45) is 0. The Kier molecular flexibility index (Phi) is 5.02. The molecule has 5 heteroatoms. The largest absolute Gasteiger partial charge is 0.303 e. The van der Waals surface area contributed by atoms with Gasteiger partial charge in [-0.1, -0.05) is 43.1 Å². The predicted octanol–water partition coefficient (Wildman–Crippen LogP) is 2.28. The molecule has 0 aliphatic carbocycles. The number of hydrogen-bond acceptors (Lipinski definition) is 3. The van der Waals surface area contributed by atoms with Crippen molar-refractivity contribution in [1.82, 2.24) is 10.7 Å². The lowest BCUT2D eigenvalue weighted by Crippen LogP contribution is -2.40. The first kappa shape index (κ1) is 13.7. The Bertz CT molecular complexity index is 353. The molecule has 0 heterocycles. The van der Waals surface area contributed by atoms with Crippen molar-refractivity contribution in [3.8, 4) is 0 Å². The summed E-state index contributed by atoms with van der Waals surface area (Å²) in [7, 11) is 0. The molecule has 0 saturated carbocycles. The molecule has 0 aliphatic heterocycles. The minimum Gasteiger partial charge on any atom is -0.303 e. The second kappa shape index (κ2) is 5.84. The van der Waals surface area contributed by atoms with E-state index in [1.807, 2.05) is 18.2 Å². The molecule has 0 bridgehead atoms. The first-order chi connectivity index (χ1) is 7.47. The molecule has 1 aromatic carbocycles. The lowest BCUT2D eigenvalue weighted by molar-refractivity contribution is 0.455. The molecule has 16 heavy (non-hydrogen) atoms. The minimum absolute atomic E-state index is 0.0227. The van der Waals surface area contributed by atoms with Gasteiger partial charge >= 0.3 is 0 Å². The molecule has 3 nitrogen and oxygen atoms in total. The molecule has 90 valence electrons. The Balaban J connectivity index is 2.76. The normalized spacial score (nSPS) is 11.8. The molecule has 0 radical (unpaired) electrons. The van der Waals surface area contributed by atoms with Crippen molar-refractivity contribution in [2.24, 2.45) is 5.84 Å². The number of hydrogen-bond donors (Lipinski definition) is 3. The highest BCUT2D eigenvalue weighted by atomic mass is 35.5. The lowest BCUT2D eigenvalue weighted by Gasteiger charge is -2.26. The topological polar surface area (TPSA) is 50.1 Å². The van der Waals surface area contributed by atoms with Gasteiger partial charge in [0.05, 0.1) is 16.7 Å². The van der Waals surface area contributed by atoms with Crippen LogP contribution >= 0.6 is 23.2 Å². The van der Waals surface area contributed by atoms with Gasteiger partial charge in [0.25, 0.3) is 0 Å². The van der Waals surface area contributed by atoms with E-state index in [1.165, 1.54) is 0 Å². The van der Waals surface area contributed by atoms with Crippen LogP contribution in [0.15, 0.2) is 18.2 Å². The van der Waals surface area contributed by atoms with Crippen molar-refractivity contribution in [2.45, 2.75) is 19.3 Å². The highest BCUT2D eigenvalue weighted by molar-refractivity contribution is 6.42. The van der Waals surface area contributed by atoms with Crippen LogP contribution in [0, 0.1) is 0 Å². The van der Waals surface area contributed by atoms with E-state index in [2.05, 4.69) is 24.6 Å². The van der Waals surface area contributed by atoms with E-state index >= 15 is 0 Å². The third-order valence-corrected chi connectivity index (χ3v) is 3.23. The second-order valence-corrected chi connectivity index (χ2v) is 5.13. The molecule has 0 aliphatic rings. The van der Waals surface area contributed by atoms with Gasteiger partial charge in [-0.15, -0.1) is 0 Å². The Morgan fingerprint density at radius 2 is 1.94 bits per heavy atom. The number of nitrogens with two attached hydrogens (primary N) is 1. The summed E-state index contributed by atoms with van der Waals surface area (Å²) < 4.78 is 0. The van der Waals surface area contributed by atoms with Crippen molar-refractivity contribution >= 4 is 23.2 Å². The number of nitrogens with one attached hydrogen (secondary N) is 2. The Labute approximate surface area is 106 Å². The fourth-order valence-electron chi connectivity index (χ4n) is 1.47. The summed E-state index contributed by atoms with van der Waals surface area (Å²) >= 11 is 11.9. The third-order valence-electron chi connectivity index (χ3n) is 2.50. The first-order valence-corrected chi connectivity index (χ1v) is 5.82. The Morgan fingerprint density at radius 3 is 2.50 bits per heavy atom. The van der Waals surface area contributed by atoms with Gasteiger partial charge in [-0.3, -0.25) is 5.84 Å². The summed E-state index contributed by atoms with van der Waals surface area (Å²) in [4.78, 5) is 0. The van der Waals surface area contributed by atoms with E-state index in [0.717, 1.165) is 12.1 Å². The van der Waals surface area contributed by atoms with Crippen molar-refractivity contribution < 1.29 is 0 Å². The quantitative estimate of drug-likeness (QED) is 0.330. The predicted molar refractivity (Wildman–Crippen MR) is 69.7 cm³/mol. The molecular formula is C11H17Cl2N3. The zero-order valence-corrected chi connectivity index (χ0v) is 11.0. The zero-order chi connectivity index (χ0) is 12.2. The monoisotopic (exact) mass is 261 g/mol. The van der Waals surface area contributed by atoms with Crippen LogP contribution in [-0.2, 0) is 5.41 Å². The standard InChI is InChI=1S/C11H17Cl2N3/c1-11(2,6-15-7-16-14)8-3-4-9(12)10(13)5-8/h3-5,15-16H,6-7,14H2,1-2H3. The lowest BCUT2D eigenvalue weighted by atomic mass is 9.85. The average Bonchev–Trinajstić information content (AvgIpc) is 2.22. The van der Waals surface area contributed by atoms with E-state index < -0.39 is 0 Å². The van der Waals surface area contributed by atoms with E-state index in [4.69, 9.17) is 29.0 Å². The van der Waals surface area contributed by atoms with E-state index in [0.29, 0.717) is 16.7 Å². The third kappa shape index (κ3) is 3.61. The summed E-state index contributed by atoms with van der Waals surface area (Å²) in [5, 5.41) is 4.36. The summed E-state index contributed by atoms with van der Waals surface area (Å²) in [6, 6.07) is 5.72. The van der Waals surface area contributed by atoms with Gasteiger partial charge < -0.3 is 5.32 Å². The van der Waals surface area contributed by atoms with Crippen molar-refractivity contribution in [1.29, 1.82) is 0 Å². The van der Waals surface area contributed by atoms with Crippen molar-refractivity contribution in [3.05, 3.63) is 33.8 Å². The highest BCUT2D eigenvalue weighted by Gasteiger charge is 2.20. The molecule has 0 unspecified atom stereocenters. The fourth-order valence-corrected chi connectivity index (χ4v) is 1.76. The van der Waals surface area contributed by atoms with Gasteiger partial charge in [-0.25, -0.2) is 5.43 Å². The molecule has 0 aromatic heterocycles. The Morgan fingerprint density at radius 1 is 1.25 bits per heavy atom. The molecule has 4 N–H and O–H groups in total. The zero-order valence-electron chi connectivity index (χ0n) is 9.48. The first-order valence-electron chi connectivity index (χ1n) is 5.07. The van der Waals surface area contributed by atoms with Crippen LogP contribution in [0.25, 0.3) is 0 Å². The van der Waals surface area contributed by atoms with Crippen LogP contribution in [0.4, 0.5) is 0 Å². The van der Waals surface area contributed by atoms with Gasteiger partial charge in [0.2, 0.25) is 0 Å². The van der Waals surface area contributed by atoms with E-state index in [9.17, 15) is 0 Å². The number of halogens is 2. The number of rotatable bonds is 5. The van der Waals surface area contributed by atoms with Gasteiger partial charge in [0.15, 0.2) is 0 Å². The van der Waals surface area contributed by atoms with E-state index in [1.54, 1.807) is 0 Å². The molecule has 0 saturated heterocycles. The van der Waals surface area contributed by atoms with Crippen LogP contribution in [-0.4, -0.2) is 13.2 Å². The van der Waals surface area contributed by atoms with E-state index in [-0.39, 0.29) is 5.41 Å². The molecule has 1 aromatic rings.